The third-order valence-electron chi connectivity index (χ3n) is 3.64. The number of carbonyl (C=O) groups is 1. The SMILES string of the molecule is CC1(NC(=O)c2sc3nnccc3c2N)CCOCC1. The lowest BCUT2D eigenvalue weighted by Crippen LogP contribution is -2.49. The molecule has 3 rings (SSSR count). The lowest BCUT2D eigenvalue weighted by atomic mass is 9.92. The van der Waals surface area contributed by atoms with E-state index in [1.807, 2.05) is 6.92 Å². The maximum absolute atomic E-state index is 12.4. The number of hydrogen-bond donors (Lipinski definition) is 2. The van der Waals surface area contributed by atoms with Gasteiger partial charge in [-0.1, -0.05) is 0 Å². The van der Waals surface area contributed by atoms with E-state index in [2.05, 4.69) is 15.5 Å². The third-order valence-corrected chi connectivity index (χ3v) is 4.74. The summed E-state index contributed by atoms with van der Waals surface area (Å²) in [5.41, 5.74) is 6.29. The number of nitrogen functional groups attached to an aromatic ring is 1. The highest BCUT2D eigenvalue weighted by atomic mass is 32.1. The van der Waals surface area contributed by atoms with E-state index in [0.717, 1.165) is 18.2 Å². The number of thiophene rings is 1. The van der Waals surface area contributed by atoms with Gasteiger partial charge in [-0.05, 0) is 25.8 Å². The molecule has 2 aromatic rings. The highest BCUT2D eigenvalue weighted by molar-refractivity contribution is 7.21. The number of aromatic nitrogens is 2. The van der Waals surface area contributed by atoms with Crippen molar-refractivity contribution in [1.82, 2.24) is 15.5 Å². The largest absolute Gasteiger partial charge is 0.397 e. The molecule has 0 atom stereocenters. The van der Waals surface area contributed by atoms with Gasteiger partial charge in [0.2, 0.25) is 0 Å². The molecule has 20 heavy (non-hydrogen) atoms. The molecule has 0 aromatic carbocycles. The molecule has 2 aromatic heterocycles. The number of fused-ring (bicyclic) bond motifs is 1. The van der Waals surface area contributed by atoms with Gasteiger partial charge in [0.1, 0.15) is 9.71 Å². The monoisotopic (exact) mass is 292 g/mol. The van der Waals surface area contributed by atoms with Gasteiger partial charge in [0.15, 0.2) is 0 Å². The fourth-order valence-corrected chi connectivity index (χ4v) is 3.25. The number of amides is 1. The summed E-state index contributed by atoms with van der Waals surface area (Å²) < 4.78 is 5.33. The first-order valence-electron chi connectivity index (χ1n) is 6.49. The van der Waals surface area contributed by atoms with Gasteiger partial charge in [0, 0.05) is 24.1 Å². The van der Waals surface area contributed by atoms with Gasteiger partial charge in [-0.25, -0.2) is 0 Å². The summed E-state index contributed by atoms with van der Waals surface area (Å²) in [5, 5.41) is 11.7. The smallest absolute Gasteiger partial charge is 0.263 e. The van der Waals surface area contributed by atoms with E-state index >= 15 is 0 Å². The van der Waals surface area contributed by atoms with Gasteiger partial charge in [-0.3, -0.25) is 4.79 Å². The molecule has 1 amide bonds. The number of rotatable bonds is 2. The van der Waals surface area contributed by atoms with Crippen molar-refractivity contribution in [3.05, 3.63) is 17.1 Å². The Morgan fingerprint density at radius 2 is 2.25 bits per heavy atom. The summed E-state index contributed by atoms with van der Waals surface area (Å²) in [6, 6.07) is 1.78. The Bertz CT molecular complexity index is 649. The summed E-state index contributed by atoms with van der Waals surface area (Å²) in [7, 11) is 0. The van der Waals surface area contributed by atoms with E-state index in [4.69, 9.17) is 10.5 Å². The van der Waals surface area contributed by atoms with Gasteiger partial charge < -0.3 is 15.8 Å². The van der Waals surface area contributed by atoms with Crippen molar-refractivity contribution in [3.63, 3.8) is 0 Å². The zero-order chi connectivity index (χ0) is 14.2. The van der Waals surface area contributed by atoms with Crippen LogP contribution in [0.15, 0.2) is 12.3 Å². The van der Waals surface area contributed by atoms with Crippen LogP contribution in [0.4, 0.5) is 5.69 Å². The second-order valence-electron chi connectivity index (χ2n) is 5.22. The van der Waals surface area contributed by atoms with Gasteiger partial charge in [-0.2, -0.15) is 5.10 Å². The zero-order valence-electron chi connectivity index (χ0n) is 11.2. The van der Waals surface area contributed by atoms with Crippen molar-refractivity contribution in [1.29, 1.82) is 0 Å². The summed E-state index contributed by atoms with van der Waals surface area (Å²) >= 11 is 1.28. The molecule has 1 aliphatic rings. The minimum Gasteiger partial charge on any atom is -0.397 e. The van der Waals surface area contributed by atoms with Crippen LogP contribution >= 0.6 is 11.3 Å². The molecule has 1 aliphatic heterocycles. The van der Waals surface area contributed by atoms with Crippen LogP contribution in [-0.2, 0) is 4.74 Å². The van der Waals surface area contributed by atoms with E-state index in [0.29, 0.717) is 28.6 Å². The second-order valence-corrected chi connectivity index (χ2v) is 6.22. The van der Waals surface area contributed by atoms with Crippen molar-refractivity contribution >= 4 is 33.1 Å². The van der Waals surface area contributed by atoms with E-state index in [1.54, 1.807) is 12.3 Å². The maximum atomic E-state index is 12.4. The van der Waals surface area contributed by atoms with E-state index in [1.165, 1.54) is 11.3 Å². The summed E-state index contributed by atoms with van der Waals surface area (Å²) in [6.45, 7) is 3.38. The Morgan fingerprint density at radius 3 is 2.95 bits per heavy atom. The highest BCUT2D eigenvalue weighted by Crippen LogP contribution is 2.32. The number of carbonyl (C=O) groups excluding carboxylic acids is 1. The van der Waals surface area contributed by atoms with Crippen LogP contribution < -0.4 is 11.1 Å². The molecule has 0 bridgehead atoms. The minimum absolute atomic E-state index is 0.144. The van der Waals surface area contributed by atoms with Crippen LogP contribution in [0.1, 0.15) is 29.4 Å². The Kier molecular flexibility index (Phi) is 3.31. The van der Waals surface area contributed by atoms with Gasteiger partial charge in [-0.15, -0.1) is 16.4 Å². The molecule has 0 radical (unpaired) electrons. The number of nitrogens with zero attached hydrogens (tertiary/aromatic N) is 2. The number of nitrogens with one attached hydrogen (secondary N) is 1. The van der Waals surface area contributed by atoms with Crippen LogP contribution in [0, 0.1) is 0 Å². The zero-order valence-corrected chi connectivity index (χ0v) is 12.0. The lowest BCUT2D eigenvalue weighted by Gasteiger charge is -2.34. The first kappa shape index (κ1) is 13.3. The van der Waals surface area contributed by atoms with Crippen molar-refractivity contribution in [2.45, 2.75) is 25.3 Å². The molecule has 6 nitrogen and oxygen atoms in total. The van der Waals surface area contributed by atoms with Crippen LogP contribution in [0.5, 0.6) is 0 Å². The second kappa shape index (κ2) is 4.99. The Hall–Kier alpha value is -1.73. The fourth-order valence-electron chi connectivity index (χ4n) is 2.32. The van der Waals surface area contributed by atoms with Crippen LogP contribution in [0.2, 0.25) is 0 Å². The molecule has 106 valence electrons. The van der Waals surface area contributed by atoms with Crippen LogP contribution in [-0.4, -0.2) is 34.9 Å². The van der Waals surface area contributed by atoms with Gasteiger partial charge in [0.05, 0.1) is 11.9 Å². The lowest BCUT2D eigenvalue weighted by molar-refractivity contribution is 0.0424. The molecular formula is C13H16N4O2S. The van der Waals surface area contributed by atoms with E-state index in [9.17, 15) is 4.79 Å². The molecule has 0 saturated carbocycles. The van der Waals surface area contributed by atoms with E-state index in [-0.39, 0.29) is 11.4 Å². The molecule has 7 heteroatoms. The predicted molar refractivity (Wildman–Crippen MR) is 77.8 cm³/mol. The first-order chi connectivity index (χ1) is 9.59. The first-order valence-corrected chi connectivity index (χ1v) is 7.31. The van der Waals surface area contributed by atoms with E-state index < -0.39 is 0 Å². The average Bonchev–Trinajstić information content (AvgIpc) is 2.77. The molecule has 1 saturated heterocycles. The molecule has 0 unspecified atom stereocenters. The quantitative estimate of drug-likeness (QED) is 0.877. The van der Waals surface area contributed by atoms with Crippen molar-refractivity contribution < 1.29 is 9.53 Å². The van der Waals surface area contributed by atoms with Gasteiger partial charge >= 0.3 is 0 Å². The Morgan fingerprint density at radius 1 is 1.50 bits per heavy atom. The molecule has 1 fully saturated rings. The molecule has 0 spiro atoms. The normalized spacial score (nSPS) is 18.1. The summed E-state index contributed by atoms with van der Waals surface area (Å²) in [4.78, 5) is 13.6. The number of anilines is 1. The minimum atomic E-state index is -0.233. The highest BCUT2D eigenvalue weighted by Gasteiger charge is 2.30. The van der Waals surface area contributed by atoms with Crippen molar-refractivity contribution in [3.8, 4) is 0 Å². The average molecular weight is 292 g/mol. The van der Waals surface area contributed by atoms with Crippen LogP contribution in [0.3, 0.4) is 0 Å². The van der Waals surface area contributed by atoms with Crippen LogP contribution in [0.25, 0.3) is 10.2 Å². The summed E-state index contributed by atoms with van der Waals surface area (Å²) in [5.74, 6) is -0.144. The molecule has 3 heterocycles. The number of hydrogen-bond acceptors (Lipinski definition) is 6. The Labute approximate surface area is 120 Å². The number of ether oxygens (including phenoxy) is 1. The standard InChI is InChI=1S/C13H16N4O2S/c1-13(3-6-19-7-4-13)16-11(18)10-9(14)8-2-5-15-17-12(8)20-10/h2,5H,3-4,6-7,14H2,1H3,(H,16,18). The Balaban J connectivity index is 1.87. The molecule has 0 aliphatic carbocycles. The van der Waals surface area contributed by atoms with Crippen molar-refractivity contribution in [2.75, 3.05) is 18.9 Å². The topological polar surface area (TPSA) is 90.1 Å². The summed E-state index contributed by atoms with van der Waals surface area (Å²) in [6.07, 6.45) is 3.19. The molecular weight excluding hydrogens is 276 g/mol. The third kappa shape index (κ3) is 2.34. The fraction of sp³-hybridized carbons (Fsp3) is 0.462. The maximum Gasteiger partial charge on any atom is 0.263 e. The number of nitrogens with two attached hydrogens (primary N) is 1. The van der Waals surface area contributed by atoms with Crippen molar-refractivity contribution in [2.24, 2.45) is 0 Å². The predicted octanol–water partition coefficient (Wildman–Crippen LogP) is 1.57. The van der Waals surface area contributed by atoms with Gasteiger partial charge in [0.25, 0.3) is 5.91 Å². The molecule has 3 N–H and O–H groups in total.